The van der Waals surface area contributed by atoms with Crippen LogP contribution in [0.1, 0.15) is 46.0 Å². The first-order chi connectivity index (χ1) is 17.8. The molecule has 1 heterocycles. The molecule has 1 aliphatic heterocycles. The fourth-order valence-corrected chi connectivity index (χ4v) is 4.72. The molecule has 2 amide bonds. The molecule has 37 heavy (non-hydrogen) atoms. The molecule has 4 N–H and O–H groups in total. The third-order valence-corrected chi connectivity index (χ3v) is 6.56. The average molecular weight is 503 g/mol. The van der Waals surface area contributed by atoms with E-state index in [0.717, 1.165) is 35.4 Å². The van der Waals surface area contributed by atoms with E-state index in [2.05, 4.69) is 12.2 Å². The average Bonchev–Trinajstić information content (AvgIpc) is 2.87. The van der Waals surface area contributed by atoms with Crippen molar-refractivity contribution in [3.05, 3.63) is 71.3 Å². The number of hydrogen-bond acceptors (Lipinski definition) is 7. The minimum atomic E-state index is -1.70. The summed E-state index contributed by atoms with van der Waals surface area (Å²) < 4.78 is 0. The van der Waals surface area contributed by atoms with Crippen LogP contribution in [0.2, 0.25) is 0 Å². The van der Waals surface area contributed by atoms with Gasteiger partial charge in [0.05, 0.1) is 6.54 Å². The second-order valence-corrected chi connectivity index (χ2v) is 9.11. The van der Waals surface area contributed by atoms with Crippen LogP contribution in [-0.2, 0) is 11.3 Å². The molecule has 4 rings (SSSR count). The van der Waals surface area contributed by atoms with E-state index >= 15 is 0 Å². The van der Waals surface area contributed by atoms with Crippen molar-refractivity contribution in [3.8, 4) is 0 Å². The van der Waals surface area contributed by atoms with Crippen LogP contribution in [0.4, 0.5) is 5.69 Å². The van der Waals surface area contributed by atoms with E-state index in [9.17, 15) is 29.5 Å². The van der Waals surface area contributed by atoms with Gasteiger partial charge in [0, 0.05) is 53.8 Å². The second kappa shape index (κ2) is 11.6. The molecule has 0 spiro atoms. The van der Waals surface area contributed by atoms with Gasteiger partial charge in [-0.3, -0.25) is 24.2 Å². The predicted molar refractivity (Wildman–Crippen MR) is 142 cm³/mol. The molecule has 10 heteroatoms. The van der Waals surface area contributed by atoms with Gasteiger partial charge in [-0.15, -0.1) is 0 Å². The number of anilines is 1. The Morgan fingerprint density at radius 3 is 2.43 bits per heavy atom. The van der Waals surface area contributed by atoms with E-state index < -0.39 is 24.9 Å². The van der Waals surface area contributed by atoms with Gasteiger partial charge in [-0.1, -0.05) is 49.7 Å². The number of benzene rings is 3. The Balaban J connectivity index is 1.57. The molecule has 0 atom stereocenters. The summed E-state index contributed by atoms with van der Waals surface area (Å²) in [5.74, 6) is -1.91. The molecular weight excluding hydrogens is 473 g/mol. The van der Waals surface area contributed by atoms with E-state index in [-0.39, 0.29) is 31.6 Å². The fourth-order valence-electron chi connectivity index (χ4n) is 4.72. The van der Waals surface area contributed by atoms with Crippen molar-refractivity contribution in [1.29, 1.82) is 0 Å². The molecule has 192 valence electrons. The molecule has 0 aromatic heterocycles. The minimum Gasteiger partial charge on any atom is -0.480 e. The Morgan fingerprint density at radius 1 is 1.00 bits per heavy atom. The first-order valence-electron chi connectivity index (χ1n) is 12.4. The van der Waals surface area contributed by atoms with Gasteiger partial charge in [-0.25, -0.2) is 0 Å². The molecule has 3 aromatic carbocycles. The summed E-state index contributed by atoms with van der Waals surface area (Å²) in [6.07, 6.45) is 2.05. The molecule has 0 saturated heterocycles. The number of carbonyl (C=O) groups excluding carboxylic acids is 2. The minimum absolute atomic E-state index is 0.0128. The maximum Gasteiger partial charge on any atom is 0.488 e. The molecule has 0 aliphatic carbocycles. The molecule has 3 aromatic rings. The Kier molecular flexibility index (Phi) is 8.22. The van der Waals surface area contributed by atoms with Crippen LogP contribution in [0.5, 0.6) is 0 Å². The molecule has 0 saturated carbocycles. The maximum absolute atomic E-state index is 13.4. The van der Waals surface area contributed by atoms with E-state index in [1.54, 1.807) is 47.4 Å². The Labute approximate surface area is 215 Å². The highest BCUT2D eigenvalue weighted by atomic mass is 16.4. The summed E-state index contributed by atoms with van der Waals surface area (Å²) in [7, 11) is -1.70. The lowest BCUT2D eigenvalue weighted by atomic mass is 9.77. The standard InChI is InChI=1S/C27H30BN3O6/c1-2-3-13-29-23-12-11-21-25-19(23)8-6-9-20(25)26(34)31(27(21)35)15-14-30(17-24(32)33)16-18-7-4-5-10-22(18)28(36)37/h4-12,29,36-37H,2-3,13-17H2,1H3,(H,32,33). The molecule has 9 nitrogen and oxygen atoms in total. The highest BCUT2D eigenvalue weighted by Gasteiger charge is 2.33. The molecule has 0 bridgehead atoms. The lowest BCUT2D eigenvalue weighted by Gasteiger charge is -2.30. The van der Waals surface area contributed by atoms with Crippen LogP contribution in [0, 0.1) is 0 Å². The SMILES string of the molecule is CCCCNc1ccc2c3c(cccc13)C(=O)N(CCN(CC(=O)O)Cc1ccccc1B(O)O)C2=O. The number of carboxylic acids is 1. The van der Waals surface area contributed by atoms with Gasteiger partial charge in [0.25, 0.3) is 11.8 Å². The summed E-state index contributed by atoms with van der Waals surface area (Å²) >= 11 is 0. The van der Waals surface area contributed by atoms with Crippen LogP contribution >= 0.6 is 0 Å². The lowest BCUT2D eigenvalue weighted by molar-refractivity contribution is -0.138. The topological polar surface area (TPSA) is 130 Å². The number of aliphatic carboxylic acids is 1. The van der Waals surface area contributed by atoms with Crippen molar-refractivity contribution in [2.45, 2.75) is 26.3 Å². The Morgan fingerprint density at radius 2 is 1.73 bits per heavy atom. The van der Waals surface area contributed by atoms with Crippen molar-refractivity contribution < 1.29 is 29.5 Å². The quantitative estimate of drug-likeness (QED) is 0.168. The summed E-state index contributed by atoms with van der Waals surface area (Å²) in [4.78, 5) is 41.0. The van der Waals surface area contributed by atoms with E-state index in [4.69, 9.17) is 0 Å². The molecule has 0 fully saturated rings. The third kappa shape index (κ3) is 5.66. The zero-order valence-corrected chi connectivity index (χ0v) is 20.7. The van der Waals surface area contributed by atoms with Crippen LogP contribution < -0.4 is 10.8 Å². The monoisotopic (exact) mass is 503 g/mol. The van der Waals surface area contributed by atoms with E-state index in [1.807, 2.05) is 12.1 Å². The number of nitrogens with one attached hydrogen (secondary N) is 1. The van der Waals surface area contributed by atoms with Gasteiger partial charge in [0.2, 0.25) is 0 Å². The first-order valence-corrected chi connectivity index (χ1v) is 12.4. The van der Waals surface area contributed by atoms with Gasteiger partial charge in [0.1, 0.15) is 0 Å². The number of unbranched alkanes of at least 4 members (excludes halogenated alkanes) is 1. The van der Waals surface area contributed by atoms with Crippen molar-refractivity contribution in [3.63, 3.8) is 0 Å². The number of carbonyl (C=O) groups is 3. The second-order valence-electron chi connectivity index (χ2n) is 9.11. The van der Waals surface area contributed by atoms with Crippen LogP contribution in [0.3, 0.4) is 0 Å². The number of hydrogen-bond donors (Lipinski definition) is 4. The molecule has 1 aliphatic rings. The van der Waals surface area contributed by atoms with Crippen molar-refractivity contribution in [2.24, 2.45) is 0 Å². The van der Waals surface area contributed by atoms with E-state index in [1.165, 1.54) is 0 Å². The molecule has 0 radical (unpaired) electrons. The van der Waals surface area contributed by atoms with Crippen LogP contribution in [-0.4, -0.2) is 76.0 Å². The fraction of sp³-hybridized carbons (Fsp3) is 0.296. The number of nitrogens with zero attached hydrogens (tertiary/aromatic N) is 2. The maximum atomic E-state index is 13.4. The summed E-state index contributed by atoms with van der Waals surface area (Å²) in [6.45, 7) is 2.75. The van der Waals surface area contributed by atoms with Gasteiger partial charge in [0.15, 0.2) is 0 Å². The normalized spacial score (nSPS) is 12.9. The first kappa shape index (κ1) is 26.3. The molecular formula is C27H30BN3O6. The summed E-state index contributed by atoms with van der Waals surface area (Å²) in [5, 5.41) is 33.6. The third-order valence-electron chi connectivity index (χ3n) is 6.56. The Bertz CT molecular complexity index is 1310. The van der Waals surface area contributed by atoms with Crippen molar-refractivity contribution >= 4 is 46.8 Å². The van der Waals surface area contributed by atoms with Gasteiger partial charge in [-0.05, 0) is 35.6 Å². The number of amides is 2. The lowest BCUT2D eigenvalue weighted by Crippen LogP contribution is -2.46. The van der Waals surface area contributed by atoms with Crippen molar-refractivity contribution in [2.75, 3.05) is 31.5 Å². The largest absolute Gasteiger partial charge is 0.488 e. The van der Waals surface area contributed by atoms with Crippen LogP contribution in [0.15, 0.2) is 54.6 Å². The number of imide groups is 1. The smallest absolute Gasteiger partial charge is 0.480 e. The predicted octanol–water partition coefficient (Wildman–Crippen LogP) is 1.91. The zero-order chi connectivity index (χ0) is 26.5. The van der Waals surface area contributed by atoms with Gasteiger partial charge in [-0.2, -0.15) is 0 Å². The summed E-state index contributed by atoms with van der Waals surface area (Å²) in [5.41, 5.74) is 2.57. The number of carboxylic acid groups (broad SMARTS) is 1. The van der Waals surface area contributed by atoms with Crippen molar-refractivity contribution in [1.82, 2.24) is 9.80 Å². The Hall–Kier alpha value is -3.73. The highest BCUT2D eigenvalue weighted by molar-refractivity contribution is 6.59. The van der Waals surface area contributed by atoms with E-state index in [0.29, 0.717) is 22.1 Å². The van der Waals surface area contributed by atoms with Crippen LogP contribution in [0.25, 0.3) is 10.8 Å². The van der Waals surface area contributed by atoms with Gasteiger partial charge < -0.3 is 20.5 Å². The highest BCUT2D eigenvalue weighted by Crippen LogP contribution is 2.34. The summed E-state index contributed by atoms with van der Waals surface area (Å²) in [6, 6.07) is 15.6. The zero-order valence-electron chi connectivity index (χ0n) is 20.7. The molecule has 0 unspecified atom stereocenters. The number of rotatable bonds is 12. The van der Waals surface area contributed by atoms with Gasteiger partial charge >= 0.3 is 13.1 Å².